The second-order valence-corrected chi connectivity index (χ2v) is 5.51. The molecule has 0 spiro atoms. The number of fused-ring (bicyclic) bond motifs is 2. The van der Waals surface area contributed by atoms with Crippen molar-refractivity contribution in [3.05, 3.63) is 48.5 Å². The first-order valence-electron chi connectivity index (χ1n) is 10.8. The summed E-state index contributed by atoms with van der Waals surface area (Å²) in [5.74, 6) is 2.80. The van der Waals surface area contributed by atoms with Crippen molar-refractivity contribution in [2.24, 2.45) is 0 Å². The number of rotatable bonds is 0. The van der Waals surface area contributed by atoms with Crippen molar-refractivity contribution in [1.29, 1.82) is 0 Å². The van der Waals surface area contributed by atoms with Gasteiger partial charge in [-0.05, 0) is 24.3 Å². The second kappa shape index (κ2) is 17.4. The largest absolute Gasteiger partial charge is 0.487 e. The van der Waals surface area contributed by atoms with E-state index in [1.807, 2.05) is 76.2 Å². The van der Waals surface area contributed by atoms with Crippen LogP contribution in [0, 0.1) is 0 Å². The van der Waals surface area contributed by atoms with Gasteiger partial charge in [0, 0.05) is 0 Å². The van der Waals surface area contributed by atoms with E-state index in [1.165, 1.54) is 0 Å². The van der Waals surface area contributed by atoms with Crippen molar-refractivity contribution in [3.63, 3.8) is 0 Å². The third-order valence-electron chi connectivity index (χ3n) is 3.64. The van der Waals surface area contributed by atoms with E-state index in [1.54, 1.807) is 0 Å². The molecular formula is C24H36O6. The van der Waals surface area contributed by atoms with Gasteiger partial charge in [-0.15, -0.1) is 0 Å². The molecule has 6 heteroatoms. The van der Waals surface area contributed by atoms with Gasteiger partial charge in [-0.25, -0.2) is 0 Å². The van der Waals surface area contributed by atoms with E-state index >= 15 is 0 Å². The van der Waals surface area contributed by atoms with Gasteiger partial charge in [-0.2, -0.15) is 0 Å². The summed E-state index contributed by atoms with van der Waals surface area (Å²) in [6, 6.07) is 15.2. The Hall–Kier alpha value is -2.44. The van der Waals surface area contributed by atoms with E-state index in [0.717, 1.165) is 0 Å². The molecule has 2 aromatic carbocycles. The Kier molecular flexibility index (Phi) is 14.9. The van der Waals surface area contributed by atoms with Gasteiger partial charge in [0.25, 0.3) is 0 Å². The van der Waals surface area contributed by atoms with Gasteiger partial charge in [0.2, 0.25) is 0 Å². The summed E-state index contributed by atoms with van der Waals surface area (Å²) in [6.07, 6.45) is 0. The van der Waals surface area contributed by atoms with Gasteiger partial charge in [0.15, 0.2) is 23.0 Å². The summed E-state index contributed by atoms with van der Waals surface area (Å²) < 4.78 is 34.1. The first kappa shape index (κ1) is 25.6. The molecule has 30 heavy (non-hydrogen) atoms. The highest BCUT2D eigenvalue weighted by molar-refractivity contribution is 5.40. The van der Waals surface area contributed by atoms with E-state index in [0.29, 0.717) is 75.9 Å². The Morgan fingerprint density at radius 2 is 0.633 bits per heavy atom. The van der Waals surface area contributed by atoms with Crippen LogP contribution >= 0.6 is 0 Å². The lowest BCUT2D eigenvalue weighted by atomic mass is 10.3. The SMILES string of the molecule is CC.CC.c1ccc2c(c1)OCCOCCOc1ccccc1OCCOCCO2. The zero-order valence-corrected chi connectivity index (χ0v) is 18.7. The number of ether oxygens (including phenoxy) is 6. The molecule has 0 bridgehead atoms. The quantitative estimate of drug-likeness (QED) is 0.598. The fourth-order valence-electron chi connectivity index (χ4n) is 2.42. The average molecular weight is 421 g/mol. The zero-order chi connectivity index (χ0) is 21.9. The third-order valence-corrected chi connectivity index (χ3v) is 3.64. The highest BCUT2D eigenvalue weighted by atomic mass is 16.6. The fraction of sp³-hybridized carbons (Fsp3) is 0.500. The molecular weight excluding hydrogens is 384 g/mol. The van der Waals surface area contributed by atoms with Crippen LogP contribution in [0.4, 0.5) is 0 Å². The molecule has 0 N–H and O–H groups in total. The predicted octanol–water partition coefficient (Wildman–Crippen LogP) is 5.00. The summed E-state index contributed by atoms with van der Waals surface area (Å²) in [5.41, 5.74) is 0. The van der Waals surface area contributed by atoms with Crippen LogP contribution in [0.15, 0.2) is 48.5 Å². The molecule has 0 amide bonds. The van der Waals surface area contributed by atoms with Crippen LogP contribution in [-0.2, 0) is 9.47 Å². The minimum absolute atomic E-state index is 0.441. The van der Waals surface area contributed by atoms with Crippen molar-refractivity contribution < 1.29 is 28.4 Å². The van der Waals surface area contributed by atoms with Crippen LogP contribution < -0.4 is 18.9 Å². The lowest BCUT2D eigenvalue weighted by Crippen LogP contribution is -2.15. The van der Waals surface area contributed by atoms with Gasteiger partial charge in [0.1, 0.15) is 26.4 Å². The van der Waals surface area contributed by atoms with Crippen LogP contribution in [0.3, 0.4) is 0 Å². The van der Waals surface area contributed by atoms with Crippen LogP contribution in [0.1, 0.15) is 27.7 Å². The Morgan fingerprint density at radius 1 is 0.400 bits per heavy atom. The Morgan fingerprint density at radius 3 is 0.867 bits per heavy atom. The third kappa shape index (κ3) is 9.85. The van der Waals surface area contributed by atoms with Crippen molar-refractivity contribution in [1.82, 2.24) is 0 Å². The summed E-state index contributed by atoms with van der Waals surface area (Å²) in [4.78, 5) is 0. The molecule has 0 unspecified atom stereocenters. The second-order valence-electron chi connectivity index (χ2n) is 5.51. The molecule has 1 heterocycles. The Bertz CT molecular complexity index is 550. The highest BCUT2D eigenvalue weighted by Crippen LogP contribution is 2.27. The molecule has 0 aromatic heterocycles. The Balaban J connectivity index is 0.00000106. The summed E-state index contributed by atoms with van der Waals surface area (Å²) in [5, 5.41) is 0. The fourth-order valence-corrected chi connectivity index (χ4v) is 2.42. The van der Waals surface area contributed by atoms with Crippen LogP contribution in [0.5, 0.6) is 23.0 Å². The smallest absolute Gasteiger partial charge is 0.161 e. The molecule has 0 fully saturated rings. The standard InChI is InChI=1S/C20H24O6.2C2H6/c1-2-6-18-17(5-1)23-13-9-21-11-15-25-19-7-3-4-8-20(19)26-16-12-22-10-14-24-18;2*1-2/h1-8H,9-16H2;2*1-2H3. The highest BCUT2D eigenvalue weighted by Gasteiger charge is 2.06. The number of benzene rings is 2. The number of hydrogen-bond donors (Lipinski definition) is 0. The summed E-state index contributed by atoms with van der Waals surface area (Å²) in [7, 11) is 0. The van der Waals surface area contributed by atoms with Crippen molar-refractivity contribution >= 4 is 0 Å². The van der Waals surface area contributed by atoms with E-state index < -0.39 is 0 Å². The maximum Gasteiger partial charge on any atom is 0.161 e. The lowest BCUT2D eigenvalue weighted by Gasteiger charge is -2.15. The average Bonchev–Trinajstić information content (AvgIpc) is 2.81. The molecule has 6 nitrogen and oxygen atoms in total. The molecule has 0 saturated heterocycles. The van der Waals surface area contributed by atoms with Gasteiger partial charge in [0.05, 0.1) is 26.4 Å². The van der Waals surface area contributed by atoms with E-state index in [9.17, 15) is 0 Å². The first-order chi connectivity index (χ1) is 14.9. The molecule has 3 rings (SSSR count). The number of hydrogen-bond acceptors (Lipinski definition) is 6. The van der Waals surface area contributed by atoms with Crippen molar-refractivity contribution in [3.8, 4) is 23.0 Å². The maximum absolute atomic E-state index is 5.74. The van der Waals surface area contributed by atoms with Gasteiger partial charge < -0.3 is 28.4 Å². The van der Waals surface area contributed by atoms with E-state index in [-0.39, 0.29) is 0 Å². The Labute approximate surface area is 181 Å². The molecule has 0 atom stereocenters. The normalized spacial score (nSPS) is 15.1. The minimum Gasteiger partial charge on any atom is -0.487 e. The molecule has 1 aliphatic rings. The van der Waals surface area contributed by atoms with Gasteiger partial charge in [-0.3, -0.25) is 0 Å². The maximum atomic E-state index is 5.74. The summed E-state index contributed by atoms with van der Waals surface area (Å²) >= 11 is 0. The predicted molar refractivity (Wildman–Crippen MR) is 119 cm³/mol. The van der Waals surface area contributed by atoms with Gasteiger partial charge >= 0.3 is 0 Å². The molecule has 0 radical (unpaired) electrons. The zero-order valence-electron chi connectivity index (χ0n) is 18.7. The summed E-state index contributed by atoms with van der Waals surface area (Å²) in [6.45, 7) is 11.6. The first-order valence-corrected chi connectivity index (χ1v) is 10.8. The minimum atomic E-state index is 0.441. The van der Waals surface area contributed by atoms with Crippen molar-refractivity contribution in [2.75, 3.05) is 52.9 Å². The topological polar surface area (TPSA) is 55.4 Å². The van der Waals surface area contributed by atoms with E-state index in [4.69, 9.17) is 28.4 Å². The number of para-hydroxylation sites is 4. The van der Waals surface area contributed by atoms with Crippen LogP contribution in [0.2, 0.25) is 0 Å². The van der Waals surface area contributed by atoms with Crippen LogP contribution in [0.25, 0.3) is 0 Å². The lowest BCUT2D eigenvalue weighted by molar-refractivity contribution is 0.0640. The monoisotopic (exact) mass is 420 g/mol. The molecule has 2 aromatic rings. The molecule has 168 valence electrons. The van der Waals surface area contributed by atoms with Gasteiger partial charge in [-0.1, -0.05) is 52.0 Å². The van der Waals surface area contributed by atoms with Crippen LogP contribution in [-0.4, -0.2) is 52.9 Å². The van der Waals surface area contributed by atoms with Crippen molar-refractivity contribution in [2.45, 2.75) is 27.7 Å². The molecule has 0 aliphatic carbocycles. The molecule has 1 aliphatic heterocycles. The van der Waals surface area contributed by atoms with E-state index in [2.05, 4.69) is 0 Å². The molecule has 0 saturated carbocycles.